The van der Waals surface area contributed by atoms with Crippen LogP contribution in [0.3, 0.4) is 0 Å². The van der Waals surface area contributed by atoms with Gasteiger partial charge in [-0.1, -0.05) is 22.9 Å². The van der Waals surface area contributed by atoms with Crippen molar-refractivity contribution in [3.05, 3.63) is 22.9 Å². The molecule has 62 valence electrons. The van der Waals surface area contributed by atoms with Gasteiger partial charge in [0, 0.05) is 0 Å². The Balaban J connectivity index is 2.80. The molecule has 0 nitrogen and oxygen atoms in total. The summed E-state index contributed by atoms with van der Waals surface area (Å²) in [5.41, 5.74) is 3.25. The minimum atomic E-state index is -1.06. The molecule has 0 aromatic carbocycles. The normalized spacial score (nSPS) is 22.5. The summed E-state index contributed by atoms with van der Waals surface area (Å²) in [7, 11) is -1.06. The summed E-state index contributed by atoms with van der Waals surface area (Å²) in [5, 5.41) is 1.47. The van der Waals surface area contributed by atoms with Crippen molar-refractivity contribution in [3.8, 4) is 0 Å². The summed E-state index contributed by atoms with van der Waals surface area (Å²) in [6, 6.07) is 2.71. The predicted octanol–water partition coefficient (Wildman–Crippen LogP) is 3.53. The Kier molecular flexibility index (Phi) is 2.10. The van der Waals surface area contributed by atoms with E-state index in [1.54, 1.807) is 11.1 Å². The Morgan fingerprint density at radius 1 is 1.27 bits per heavy atom. The molecule has 0 bridgehead atoms. The molecule has 0 saturated heterocycles. The van der Waals surface area contributed by atoms with Crippen LogP contribution in [0, 0.1) is 0 Å². The quantitative estimate of drug-likeness (QED) is 0.413. The van der Waals surface area contributed by atoms with Crippen molar-refractivity contribution in [1.29, 1.82) is 0 Å². The van der Waals surface area contributed by atoms with E-state index >= 15 is 0 Å². The topological polar surface area (TPSA) is 0 Å². The van der Waals surface area contributed by atoms with Gasteiger partial charge >= 0.3 is 0 Å². The van der Waals surface area contributed by atoms with Gasteiger partial charge in [0.1, 0.15) is 0 Å². The summed E-state index contributed by atoms with van der Waals surface area (Å²) in [6.07, 6.45) is 0. The summed E-state index contributed by atoms with van der Waals surface area (Å²) >= 11 is 0. The van der Waals surface area contributed by atoms with Crippen molar-refractivity contribution in [1.82, 2.24) is 0 Å². The third-order valence-corrected chi connectivity index (χ3v) is 7.75. The molecule has 1 aliphatic rings. The Morgan fingerprint density at radius 3 is 1.82 bits per heavy atom. The molecule has 0 aromatic rings. The zero-order valence-corrected chi connectivity index (χ0v) is 9.12. The summed E-state index contributed by atoms with van der Waals surface area (Å²) < 4.78 is 0. The molecule has 11 heavy (non-hydrogen) atoms. The highest BCUT2D eigenvalue weighted by Crippen LogP contribution is 2.38. The van der Waals surface area contributed by atoms with Gasteiger partial charge in [-0.3, -0.25) is 0 Å². The molecule has 0 N–H and O–H groups in total. The molecule has 1 heteroatoms. The van der Waals surface area contributed by atoms with Gasteiger partial charge in [-0.15, -0.1) is 6.58 Å². The van der Waals surface area contributed by atoms with Crippen molar-refractivity contribution in [3.63, 3.8) is 0 Å². The van der Waals surface area contributed by atoms with Gasteiger partial charge in [-0.05, 0) is 32.9 Å². The molecule has 0 atom stereocenters. The Labute approximate surface area is 71.0 Å². The van der Waals surface area contributed by atoms with E-state index in [2.05, 4.69) is 33.9 Å². The summed E-state index contributed by atoms with van der Waals surface area (Å²) in [6.45, 7) is 13.3. The largest absolute Gasteiger partial charge is 0.104 e. The van der Waals surface area contributed by atoms with E-state index in [1.165, 1.54) is 17.3 Å². The van der Waals surface area contributed by atoms with Crippen LogP contribution in [0.5, 0.6) is 0 Å². The SMILES string of the molecule is C=C(C)[Si]1(C)CC(C)=C(C)C1. The van der Waals surface area contributed by atoms with Gasteiger partial charge in [0.25, 0.3) is 0 Å². The highest BCUT2D eigenvalue weighted by molar-refractivity contribution is 6.86. The average Bonchev–Trinajstić information content (AvgIpc) is 2.09. The first-order valence-electron chi connectivity index (χ1n) is 4.27. The van der Waals surface area contributed by atoms with Crippen molar-refractivity contribution < 1.29 is 0 Å². The van der Waals surface area contributed by atoms with Gasteiger partial charge < -0.3 is 0 Å². The molecule has 1 heterocycles. The lowest BCUT2D eigenvalue weighted by Crippen LogP contribution is -2.27. The van der Waals surface area contributed by atoms with Crippen LogP contribution in [0.4, 0.5) is 0 Å². The van der Waals surface area contributed by atoms with E-state index < -0.39 is 8.07 Å². The van der Waals surface area contributed by atoms with E-state index in [9.17, 15) is 0 Å². The number of allylic oxidation sites excluding steroid dienone is 3. The maximum Gasteiger partial charge on any atom is 0.0852 e. The van der Waals surface area contributed by atoms with Gasteiger partial charge in [0.05, 0.1) is 8.07 Å². The third-order valence-electron chi connectivity index (χ3n) is 3.07. The van der Waals surface area contributed by atoms with Gasteiger partial charge in [0.2, 0.25) is 0 Å². The first-order chi connectivity index (χ1) is 4.96. The first kappa shape index (κ1) is 8.79. The molecule has 0 radical (unpaired) electrons. The highest BCUT2D eigenvalue weighted by atomic mass is 28.3. The molecule has 0 fully saturated rings. The molecule has 0 saturated carbocycles. The summed E-state index contributed by atoms with van der Waals surface area (Å²) in [5.74, 6) is 0. The fourth-order valence-electron chi connectivity index (χ4n) is 1.84. The predicted molar refractivity (Wildman–Crippen MR) is 54.4 cm³/mol. The first-order valence-corrected chi connectivity index (χ1v) is 7.18. The van der Waals surface area contributed by atoms with Crippen molar-refractivity contribution in [2.24, 2.45) is 0 Å². The van der Waals surface area contributed by atoms with Crippen LogP contribution in [-0.2, 0) is 0 Å². The Hall–Kier alpha value is -0.303. The second-order valence-corrected chi connectivity index (χ2v) is 8.94. The van der Waals surface area contributed by atoms with Crippen molar-refractivity contribution in [2.75, 3.05) is 0 Å². The number of rotatable bonds is 1. The zero-order chi connectivity index (χ0) is 8.65. The monoisotopic (exact) mass is 166 g/mol. The second kappa shape index (κ2) is 2.63. The molecule has 0 aromatic heterocycles. The molecule has 0 aliphatic carbocycles. The van der Waals surface area contributed by atoms with Crippen LogP contribution < -0.4 is 0 Å². The Bertz CT molecular complexity index is 209. The molecule has 1 rings (SSSR count). The van der Waals surface area contributed by atoms with Crippen molar-refractivity contribution in [2.45, 2.75) is 39.4 Å². The fraction of sp³-hybridized carbons (Fsp3) is 0.600. The maximum absolute atomic E-state index is 4.11. The van der Waals surface area contributed by atoms with E-state index in [-0.39, 0.29) is 0 Å². The van der Waals surface area contributed by atoms with Crippen molar-refractivity contribution >= 4 is 8.07 Å². The van der Waals surface area contributed by atoms with Crippen LogP contribution in [0.1, 0.15) is 20.8 Å². The van der Waals surface area contributed by atoms with Gasteiger partial charge in [0.15, 0.2) is 0 Å². The Morgan fingerprint density at radius 2 is 1.64 bits per heavy atom. The second-order valence-electron chi connectivity index (χ2n) is 4.26. The average molecular weight is 166 g/mol. The van der Waals surface area contributed by atoms with E-state index in [1.807, 2.05) is 0 Å². The van der Waals surface area contributed by atoms with Crippen LogP contribution in [0.25, 0.3) is 0 Å². The van der Waals surface area contributed by atoms with E-state index in [4.69, 9.17) is 0 Å². The molecular weight excluding hydrogens is 148 g/mol. The standard InChI is InChI=1S/C10H18Si/c1-8(2)11(5)6-9(3)10(4)7-11/h1,6-7H2,2-5H3. The smallest absolute Gasteiger partial charge is 0.0852 e. The molecule has 0 unspecified atom stereocenters. The molecule has 1 aliphatic heterocycles. The lowest BCUT2D eigenvalue weighted by Gasteiger charge is -2.21. The third kappa shape index (κ3) is 1.48. The maximum atomic E-state index is 4.11. The minimum absolute atomic E-state index is 1.06. The van der Waals surface area contributed by atoms with E-state index in [0.29, 0.717) is 0 Å². The highest BCUT2D eigenvalue weighted by Gasteiger charge is 2.33. The van der Waals surface area contributed by atoms with E-state index in [0.717, 1.165) is 0 Å². The van der Waals surface area contributed by atoms with Crippen LogP contribution in [0.2, 0.25) is 18.6 Å². The summed E-state index contributed by atoms with van der Waals surface area (Å²) in [4.78, 5) is 0. The zero-order valence-electron chi connectivity index (χ0n) is 8.12. The molecule has 0 amide bonds. The number of hydrogen-bond donors (Lipinski definition) is 0. The van der Waals surface area contributed by atoms with Crippen LogP contribution in [-0.4, -0.2) is 8.07 Å². The lowest BCUT2D eigenvalue weighted by atomic mass is 10.2. The van der Waals surface area contributed by atoms with Crippen LogP contribution >= 0.6 is 0 Å². The minimum Gasteiger partial charge on any atom is -0.104 e. The molecule has 0 spiro atoms. The molecular formula is C10H18Si. The van der Waals surface area contributed by atoms with Gasteiger partial charge in [-0.25, -0.2) is 0 Å². The number of hydrogen-bond acceptors (Lipinski definition) is 0. The fourth-order valence-corrected chi connectivity index (χ4v) is 5.51. The van der Waals surface area contributed by atoms with Gasteiger partial charge in [-0.2, -0.15) is 0 Å². The lowest BCUT2D eigenvalue weighted by molar-refractivity contribution is 1.28. The van der Waals surface area contributed by atoms with Crippen LogP contribution in [0.15, 0.2) is 22.9 Å².